The summed E-state index contributed by atoms with van der Waals surface area (Å²) in [5.74, 6) is 1.69. The molecule has 4 heteroatoms. The number of hydrogen-bond acceptors (Lipinski definition) is 3. The summed E-state index contributed by atoms with van der Waals surface area (Å²) in [7, 11) is 0. The summed E-state index contributed by atoms with van der Waals surface area (Å²) in [5, 5.41) is 2.36. The van der Waals surface area contributed by atoms with E-state index in [1.165, 1.54) is 0 Å². The standard InChI is InChI=1S/C7H9NO2S/c9-5-3-7(6(10)8-5)1-2-11-4-7/h1-4H2,(H,8,9,10)/t7-/m1/s1. The molecule has 0 saturated carbocycles. The van der Waals surface area contributed by atoms with Gasteiger partial charge in [0.2, 0.25) is 11.8 Å². The minimum atomic E-state index is -0.318. The number of amides is 2. The zero-order valence-electron chi connectivity index (χ0n) is 6.05. The van der Waals surface area contributed by atoms with Gasteiger partial charge in [0.15, 0.2) is 0 Å². The number of thioether (sulfide) groups is 1. The third kappa shape index (κ3) is 0.965. The average molecular weight is 171 g/mol. The molecule has 2 amide bonds. The average Bonchev–Trinajstić information content (AvgIpc) is 2.45. The van der Waals surface area contributed by atoms with Crippen LogP contribution < -0.4 is 5.32 Å². The predicted octanol–water partition coefficient (Wildman–Crippen LogP) is 0.156. The lowest BCUT2D eigenvalue weighted by atomic mass is 9.86. The fourth-order valence-electron chi connectivity index (χ4n) is 1.62. The Morgan fingerprint density at radius 2 is 2.27 bits per heavy atom. The van der Waals surface area contributed by atoms with E-state index in [4.69, 9.17) is 0 Å². The molecule has 2 saturated heterocycles. The van der Waals surface area contributed by atoms with Crippen LogP contribution in [0.5, 0.6) is 0 Å². The molecule has 0 aromatic carbocycles. The normalized spacial score (nSPS) is 36.7. The van der Waals surface area contributed by atoms with Gasteiger partial charge in [-0.2, -0.15) is 11.8 Å². The summed E-state index contributed by atoms with van der Waals surface area (Å²) in [6, 6.07) is 0. The van der Waals surface area contributed by atoms with Crippen molar-refractivity contribution in [1.29, 1.82) is 0 Å². The first kappa shape index (κ1) is 7.16. The number of hydrogen-bond donors (Lipinski definition) is 1. The molecular weight excluding hydrogens is 162 g/mol. The summed E-state index contributed by atoms with van der Waals surface area (Å²) in [5.41, 5.74) is -0.318. The maximum absolute atomic E-state index is 11.3. The van der Waals surface area contributed by atoms with E-state index in [2.05, 4.69) is 5.32 Å². The molecule has 1 spiro atoms. The second kappa shape index (κ2) is 2.24. The quantitative estimate of drug-likeness (QED) is 0.528. The highest BCUT2D eigenvalue weighted by molar-refractivity contribution is 7.99. The van der Waals surface area contributed by atoms with Gasteiger partial charge in [0.05, 0.1) is 5.41 Å². The second-order valence-electron chi connectivity index (χ2n) is 3.14. The van der Waals surface area contributed by atoms with Crippen LogP contribution in [0, 0.1) is 5.41 Å². The molecule has 2 fully saturated rings. The number of carbonyl (C=O) groups is 2. The van der Waals surface area contributed by atoms with E-state index in [1.54, 1.807) is 11.8 Å². The SMILES string of the molecule is O=C1C[C@@]2(CCSC2)C(=O)N1. The molecule has 60 valence electrons. The molecular formula is C7H9NO2S. The van der Waals surface area contributed by atoms with Gasteiger partial charge in [0.1, 0.15) is 0 Å². The van der Waals surface area contributed by atoms with Gasteiger partial charge in [-0.15, -0.1) is 0 Å². The zero-order valence-corrected chi connectivity index (χ0v) is 6.87. The Kier molecular flexibility index (Phi) is 1.45. The summed E-state index contributed by atoms with van der Waals surface area (Å²) >= 11 is 1.76. The van der Waals surface area contributed by atoms with Gasteiger partial charge in [-0.3, -0.25) is 14.9 Å². The molecule has 1 N–H and O–H groups in total. The first-order valence-corrected chi connectivity index (χ1v) is 4.80. The summed E-state index contributed by atoms with van der Waals surface area (Å²) in [6.45, 7) is 0. The van der Waals surface area contributed by atoms with Crippen molar-refractivity contribution >= 4 is 23.6 Å². The Morgan fingerprint density at radius 1 is 1.45 bits per heavy atom. The largest absolute Gasteiger partial charge is 0.296 e. The molecule has 3 nitrogen and oxygen atoms in total. The van der Waals surface area contributed by atoms with Gasteiger partial charge in [0, 0.05) is 12.2 Å². The van der Waals surface area contributed by atoms with E-state index in [0.717, 1.165) is 17.9 Å². The molecule has 0 unspecified atom stereocenters. The van der Waals surface area contributed by atoms with Crippen molar-refractivity contribution in [3.63, 3.8) is 0 Å². The van der Waals surface area contributed by atoms with Gasteiger partial charge in [-0.25, -0.2) is 0 Å². The zero-order chi connectivity index (χ0) is 7.90. The monoisotopic (exact) mass is 171 g/mol. The van der Waals surface area contributed by atoms with Crippen LogP contribution in [-0.2, 0) is 9.59 Å². The molecule has 2 aliphatic rings. The van der Waals surface area contributed by atoms with Crippen molar-refractivity contribution in [1.82, 2.24) is 5.32 Å². The maximum atomic E-state index is 11.3. The van der Waals surface area contributed by atoms with Crippen LogP contribution in [0.25, 0.3) is 0 Å². The molecule has 11 heavy (non-hydrogen) atoms. The first-order valence-electron chi connectivity index (χ1n) is 3.65. The Morgan fingerprint density at radius 3 is 2.73 bits per heavy atom. The van der Waals surface area contributed by atoms with Gasteiger partial charge in [-0.05, 0) is 12.2 Å². The molecule has 2 aliphatic heterocycles. The van der Waals surface area contributed by atoms with E-state index < -0.39 is 0 Å². The van der Waals surface area contributed by atoms with Gasteiger partial charge in [0.25, 0.3) is 0 Å². The lowest BCUT2D eigenvalue weighted by Gasteiger charge is -2.14. The van der Waals surface area contributed by atoms with Gasteiger partial charge < -0.3 is 0 Å². The molecule has 0 aromatic rings. The molecule has 2 heterocycles. The third-order valence-corrected chi connectivity index (χ3v) is 3.59. The Bertz CT molecular complexity index is 220. The minimum absolute atomic E-state index is 0.0486. The van der Waals surface area contributed by atoms with Crippen LogP contribution in [0.15, 0.2) is 0 Å². The highest BCUT2D eigenvalue weighted by Gasteiger charge is 2.48. The van der Waals surface area contributed by atoms with Crippen LogP contribution >= 0.6 is 11.8 Å². The topological polar surface area (TPSA) is 46.2 Å². The van der Waals surface area contributed by atoms with Crippen LogP contribution in [0.1, 0.15) is 12.8 Å². The minimum Gasteiger partial charge on any atom is -0.296 e. The van der Waals surface area contributed by atoms with Crippen LogP contribution in [0.4, 0.5) is 0 Å². The van der Waals surface area contributed by atoms with E-state index in [-0.39, 0.29) is 17.2 Å². The molecule has 0 aromatic heterocycles. The maximum Gasteiger partial charge on any atom is 0.234 e. The summed E-state index contributed by atoms with van der Waals surface area (Å²) in [6.07, 6.45) is 1.29. The molecule has 1 atom stereocenters. The fraction of sp³-hybridized carbons (Fsp3) is 0.714. The van der Waals surface area contributed by atoms with E-state index in [9.17, 15) is 9.59 Å². The lowest BCUT2D eigenvalue weighted by molar-refractivity contribution is -0.127. The molecule has 0 bridgehead atoms. The summed E-state index contributed by atoms with van der Waals surface area (Å²) < 4.78 is 0. The summed E-state index contributed by atoms with van der Waals surface area (Å²) in [4.78, 5) is 22.1. The van der Waals surface area contributed by atoms with Gasteiger partial charge >= 0.3 is 0 Å². The fourth-order valence-corrected chi connectivity index (χ4v) is 3.06. The van der Waals surface area contributed by atoms with Crippen molar-refractivity contribution in [3.8, 4) is 0 Å². The van der Waals surface area contributed by atoms with Crippen molar-refractivity contribution < 1.29 is 9.59 Å². The first-order chi connectivity index (χ1) is 5.23. The number of imide groups is 1. The number of rotatable bonds is 0. The van der Waals surface area contributed by atoms with Crippen LogP contribution in [-0.4, -0.2) is 23.3 Å². The van der Waals surface area contributed by atoms with Crippen molar-refractivity contribution in [2.45, 2.75) is 12.8 Å². The molecule has 2 rings (SSSR count). The number of nitrogens with one attached hydrogen (secondary N) is 1. The highest BCUT2D eigenvalue weighted by Crippen LogP contribution is 2.41. The van der Waals surface area contributed by atoms with Crippen LogP contribution in [0.2, 0.25) is 0 Å². The van der Waals surface area contributed by atoms with E-state index in [0.29, 0.717) is 6.42 Å². The van der Waals surface area contributed by atoms with Crippen molar-refractivity contribution in [2.75, 3.05) is 11.5 Å². The van der Waals surface area contributed by atoms with Crippen molar-refractivity contribution in [3.05, 3.63) is 0 Å². The second-order valence-corrected chi connectivity index (χ2v) is 4.24. The predicted molar refractivity (Wildman–Crippen MR) is 42.1 cm³/mol. The van der Waals surface area contributed by atoms with Crippen molar-refractivity contribution in [2.24, 2.45) is 5.41 Å². The molecule has 0 radical (unpaired) electrons. The Labute approximate surface area is 68.9 Å². The van der Waals surface area contributed by atoms with E-state index >= 15 is 0 Å². The van der Waals surface area contributed by atoms with Crippen LogP contribution in [0.3, 0.4) is 0 Å². The molecule has 0 aliphatic carbocycles. The smallest absolute Gasteiger partial charge is 0.234 e. The Hall–Kier alpha value is -0.510. The Balaban J connectivity index is 2.24. The third-order valence-electron chi connectivity index (χ3n) is 2.34. The number of carbonyl (C=O) groups excluding carboxylic acids is 2. The van der Waals surface area contributed by atoms with E-state index in [1.807, 2.05) is 0 Å². The lowest BCUT2D eigenvalue weighted by Crippen LogP contribution is -2.31. The highest BCUT2D eigenvalue weighted by atomic mass is 32.2. The van der Waals surface area contributed by atoms with Gasteiger partial charge in [-0.1, -0.05) is 0 Å².